The number of carbonyl (C=O) groups is 2. The number of carbonyl (C=O) groups excluding carboxylic acids is 2. The first-order valence-corrected chi connectivity index (χ1v) is 15.9. The molecule has 2 amide bonds. The summed E-state index contributed by atoms with van der Waals surface area (Å²) in [7, 11) is -1.34. The predicted octanol–water partition coefficient (Wildman–Crippen LogP) is 5.79. The van der Waals surface area contributed by atoms with E-state index in [-0.39, 0.29) is 41.1 Å². The van der Waals surface area contributed by atoms with E-state index < -0.39 is 28.5 Å². The quantitative estimate of drug-likeness (QED) is 0.237. The van der Waals surface area contributed by atoms with Crippen LogP contribution in [0.3, 0.4) is 0 Å². The van der Waals surface area contributed by atoms with Crippen LogP contribution in [0.5, 0.6) is 11.5 Å². The van der Waals surface area contributed by atoms with Crippen molar-refractivity contribution in [1.82, 2.24) is 10.2 Å². The van der Waals surface area contributed by atoms with Crippen LogP contribution in [0.4, 0.5) is 5.69 Å². The Morgan fingerprint density at radius 2 is 1.60 bits per heavy atom. The Balaban J connectivity index is 2.11. The van der Waals surface area contributed by atoms with Gasteiger partial charge in [0.05, 0.1) is 24.8 Å². The number of methoxy groups -OCH3 is 2. The summed E-state index contributed by atoms with van der Waals surface area (Å²) in [4.78, 5) is 28.9. The molecule has 3 aromatic rings. The van der Waals surface area contributed by atoms with Gasteiger partial charge in [-0.1, -0.05) is 68.2 Å². The van der Waals surface area contributed by atoms with Crippen molar-refractivity contribution in [2.75, 3.05) is 31.6 Å². The smallest absolute Gasteiger partial charge is 0.264 e. The Hall–Kier alpha value is -3.47. The Morgan fingerprint density at radius 3 is 2.19 bits per heavy atom. The molecule has 0 radical (unpaired) electrons. The van der Waals surface area contributed by atoms with Crippen molar-refractivity contribution in [3.05, 3.63) is 82.3 Å². The van der Waals surface area contributed by atoms with Crippen LogP contribution in [0.2, 0.25) is 10.0 Å². The lowest BCUT2D eigenvalue weighted by atomic mass is 10.1. The Labute approximate surface area is 263 Å². The number of hydrogen-bond donors (Lipinski definition) is 1. The van der Waals surface area contributed by atoms with Crippen LogP contribution >= 0.6 is 23.2 Å². The third-order valence-electron chi connectivity index (χ3n) is 6.69. The number of amides is 2. The van der Waals surface area contributed by atoms with Crippen LogP contribution < -0.4 is 19.1 Å². The van der Waals surface area contributed by atoms with Gasteiger partial charge in [0.1, 0.15) is 12.6 Å². The standard InChI is InChI=1S/C31H37Cl2N3O6S/c1-6-27(31(38)34-18-21(2)3)35(19-22-12-13-23(32)16-26(22)33)30(37)20-36(43(39,40)25-10-8-7-9-11-25)24-14-15-28(41-4)29(17-24)42-5/h7-17,21,27H,6,18-20H2,1-5H3,(H,34,38)/t27-/m0/s1. The van der Waals surface area contributed by atoms with Crippen LogP contribution in [0, 0.1) is 5.92 Å². The average Bonchev–Trinajstić information content (AvgIpc) is 2.99. The van der Waals surface area contributed by atoms with Gasteiger partial charge in [-0.3, -0.25) is 13.9 Å². The molecule has 3 aromatic carbocycles. The van der Waals surface area contributed by atoms with Gasteiger partial charge in [0.25, 0.3) is 10.0 Å². The number of sulfonamides is 1. The second kappa shape index (κ2) is 15.3. The van der Waals surface area contributed by atoms with E-state index in [4.69, 9.17) is 32.7 Å². The topological polar surface area (TPSA) is 105 Å². The fourth-order valence-corrected chi connectivity index (χ4v) is 6.30. The molecule has 1 N–H and O–H groups in total. The Bertz CT molecular complexity index is 1520. The zero-order valence-corrected chi connectivity index (χ0v) is 27.2. The number of ether oxygens (including phenoxy) is 2. The van der Waals surface area contributed by atoms with Gasteiger partial charge in [0.15, 0.2) is 11.5 Å². The fourth-order valence-electron chi connectivity index (χ4n) is 4.40. The molecule has 0 aliphatic rings. The van der Waals surface area contributed by atoms with Crippen LogP contribution in [-0.4, -0.2) is 58.5 Å². The maximum Gasteiger partial charge on any atom is 0.264 e. The molecule has 232 valence electrons. The van der Waals surface area contributed by atoms with E-state index in [9.17, 15) is 18.0 Å². The number of rotatable bonds is 14. The van der Waals surface area contributed by atoms with E-state index in [1.54, 1.807) is 49.4 Å². The molecule has 0 spiro atoms. The van der Waals surface area contributed by atoms with E-state index in [1.165, 1.54) is 43.4 Å². The van der Waals surface area contributed by atoms with Crippen LogP contribution in [0.25, 0.3) is 0 Å². The summed E-state index contributed by atoms with van der Waals surface area (Å²) in [5.74, 6) is -0.0931. The lowest BCUT2D eigenvalue weighted by Crippen LogP contribution is -2.52. The minimum absolute atomic E-state index is 0.00778. The summed E-state index contributed by atoms with van der Waals surface area (Å²) >= 11 is 12.6. The van der Waals surface area contributed by atoms with Crippen molar-refractivity contribution in [3.8, 4) is 11.5 Å². The minimum atomic E-state index is -4.24. The first-order chi connectivity index (χ1) is 20.4. The lowest BCUT2D eigenvalue weighted by Gasteiger charge is -2.33. The molecular formula is C31H37Cl2N3O6S. The molecule has 43 heavy (non-hydrogen) atoms. The summed E-state index contributed by atoms with van der Waals surface area (Å²) in [6.07, 6.45) is 0.280. The average molecular weight is 651 g/mol. The molecule has 0 aliphatic heterocycles. The summed E-state index contributed by atoms with van der Waals surface area (Å²) < 4.78 is 39.8. The maximum atomic E-state index is 14.2. The van der Waals surface area contributed by atoms with Crippen molar-refractivity contribution < 1.29 is 27.5 Å². The molecule has 0 fully saturated rings. The highest BCUT2D eigenvalue weighted by Crippen LogP contribution is 2.34. The summed E-state index contributed by atoms with van der Waals surface area (Å²) in [5.41, 5.74) is 0.731. The van der Waals surface area contributed by atoms with Gasteiger partial charge in [0.2, 0.25) is 11.8 Å². The minimum Gasteiger partial charge on any atom is -0.493 e. The van der Waals surface area contributed by atoms with Crippen molar-refractivity contribution >= 4 is 50.7 Å². The number of hydrogen-bond acceptors (Lipinski definition) is 6. The molecule has 0 saturated carbocycles. The van der Waals surface area contributed by atoms with Gasteiger partial charge in [0, 0.05) is 29.2 Å². The van der Waals surface area contributed by atoms with E-state index in [0.717, 1.165) is 4.31 Å². The zero-order chi connectivity index (χ0) is 31.7. The number of nitrogens with zero attached hydrogens (tertiary/aromatic N) is 2. The van der Waals surface area contributed by atoms with E-state index in [1.807, 2.05) is 13.8 Å². The Morgan fingerprint density at radius 1 is 0.930 bits per heavy atom. The van der Waals surface area contributed by atoms with Gasteiger partial charge in [-0.25, -0.2) is 8.42 Å². The molecule has 0 aromatic heterocycles. The van der Waals surface area contributed by atoms with Crippen molar-refractivity contribution in [3.63, 3.8) is 0 Å². The molecule has 1 atom stereocenters. The molecule has 0 saturated heterocycles. The zero-order valence-electron chi connectivity index (χ0n) is 24.8. The van der Waals surface area contributed by atoms with Crippen molar-refractivity contribution in [2.45, 2.75) is 44.7 Å². The van der Waals surface area contributed by atoms with Crippen LogP contribution in [-0.2, 0) is 26.2 Å². The monoisotopic (exact) mass is 649 g/mol. The first-order valence-electron chi connectivity index (χ1n) is 13.7. The molecule has 0 heterocycles. The molecule has 0 unspecified atom stereocenters. The third kappa shape index (κ3) is 8.55. The normalized spacial score (nSPS) is 12.0. The molecule has 0 aliphatic carbocycles. The van der Waals surface area contributed by atoms with Gasteiger partial charge < -0.3 is 19.7 Å². The van der Waals surface area contributed by atoms with Gasteiger partial charge in [-0.15, -0.1) is 0 Å². The summed E-state index contributed by atoms with van der Waals surface area (Å²) in [5, 5.41) is 3.63. The SMILES string of the molecule is CC[C@@H](C(=O)NCC(C)C)N(Cc1ccc(Cl)cc1Cl)C(=O)CN(c1ccc(OC)c(OC)c1)S(=O)(=O)c1ccccc1. The Kier molecular flexibility index (Phi) is 12.1. The highest BCUT2D eigenvalue weighted by atomic mass is 35.5. The van der Waals surface area contributed by atoms with E-state index in [2.05, 4.69) is 5.32 Å². The number of halogens is 2. The largest absolute Gasteiger partial charge is 0.493 e. The summed E-state index contributed by atoms with van der Waals surface area (Å²) in [6, 6.07) is 16.3. The molecule has 12 heteroatoms. The van der Waals surface area contributed by atoms with Gasteiger partial charge >= 0.3 is 0 Å². The molecular weight excluding hydrogens is 613 g/mol. The van der Waals surface area contributed by atoms with Gasteiger partial charge in [-0.2, -0.15) is 0 Å². The van der Waals surface area contributed by atoms with Crippen molar-refractivity contribution in [1.29, 1.82) is 0 Å². The maximum absolute atomic E-state index is 14.2. The predicted molar refractivity (Wildman–Crippen MR) is 169 cm³/mol. The highest BCUT2D eigenvalue weighted by Gasteiger charge is 2.34. The van der Waals surface area contributed by atoms with E-state index in [0.29, 0.717) is 27.9 Å². The molecule has 9 nitrogen and oxygen atoms in total. The number of benzene rings is 3. The molecule has 3 rings (SSSR count). The third-order valence-corrected chi connectivity index (χ3v) is 9.07. The second-order valence-corrected chi connectivity index (χ2v) is 12.9. The molecule has 0 bridgehead atoms. The second-order valence-electron chi connectivity index (χ2n) is 10.2. The lowest BCUT2D eigenvalue weighted by molar-refractivity contribution is -0.140. The number of anilines is 1. The fraction of sp³-hybridized carbons (Fsp3) is 0.355. The van der Waals surface area contributed by atoms with E-state index >= 15 is 0 Å². The van der Waals surface area contributed by atoms with Crippen LogP contribution in [0.15, 0.2) is 71.6 Å². The van der Waals surface area contributed by atoms with Crippen LogP contribution in [0.1, 0.15) is 32.8 Å². The number of nitrogens with one attached hydrogen (secondary N) is 1. The first kappa shape index (κ1) is 34.0. The highest BCUT2D eigenvalue weighted by molar-refractivity contribution is 7.92. The van der Waals surface area contributed by atoms with Crippen molar-refractivity contribution in [2.24, 2.45) is 5.92 Å². The van der Waals surface area contributed by atoms with Gasteiger partial charge in [-0.05, 0) is 54.3 Å². The summed E-state index contributed by atoms with van der Waals surface area (Å²) in [6.45, 7) is 5.48.